The predicted molar refractivity (Wildman–Crippen MR) is 89.2 cm³/mol. The summed E-state index contributed by atoms with van der Waals surface area (Å²) in [6.07, 6.45) is 1.55. The number of nitrogens with one attached hydrogen (secondary N) is 2. The summed E-state index contributed by atoms with van der Waals surface area (Å²) in [6, 6.07) is 5.06. The number of thiophene rings is 1. The van der Waals surface area contributed by atoms with Crippen molar-refractivity contribution in [2.45, 2.75) is 25.3 Å². The van der Waals surface area contributed by atoms with Gasteiger partial charge in [0.2, 0.25) is 0 Å². The molecule has 0 aliphatic carbocycles. The zero-order valence-electron chi connectivity index (χ0n) is 11.7. The van der Waals surface area contributed by atoms with Crippen LogP contribution in [0.25, 0.3) is 0 Å². The lowest BCUT2D eigenvalue weighted by Crippen LogP contribution is -2.14. The number of sulfonamides is 1. The third kappa shape index (κ3) is 4.26. The summed E-state index contributed by atoms with van der Waals surface area (Å²) in [6.45, 7) is 5.34. The van der Waals surface area contributed by atoms with Gasteiger partial charge in [0.15, 0.2) is 0 Å². The number of anilines is 1. The maximum absolute atomic E-state index is 12.4. The van der Waals surface area contributed by atoms with Crippen LogP contribution in [0.15, 0.2) is 33.8 Å². The molecule has 0 bridgehead atoms. The second kappa shape index (κ2) is 6.87. The van der Waals surface area contributed by atoms with Crippen molar-refractivity contribution in [1.29, 1.82) is 0 Å². The molecule has 21 heavy (non-hydrogen) atoms. The summed E-state index contributed by atoms with van der Waals surface area (Å²) in [5, 5.41) is 3.19. The molecule has 0 aliphatic heterocycles. The Morgan fingerprint density at radius 3 is 2.76 bits per heavy atom. The molecule has 0 saturated heterocycles. The van der Waals surface area contributed by atoms with E-state index in [0.29, 0.717) is 17.3 Å². The molecule has 0 radical (unpaired) electrons. The van der Waals surface area contributed by atoms with Crippen LogP contribution in [0.3, 0.4) is 0 Å². The Kier molecular flexibility index (Phi) is 5.37. The molecule has 0 saturated carbocycles. The molecule has 2 aromatic heterocycles. The van der Waals surface area contributed by atoms with Crippen molar-refractivity contribution in [3.63, 3.8) is 0 Å². The highest BCUT2D eigenvalue weighted by Gasteiger charge is 2.20. The number of rotatable bonds is 6. The summed E-state index contributed by atoms with van der Waals surface area (Å²) < 4.78 is 28.1. The molecular formula is C13H16BrN3O2S2. The van der Waals surface area contributed by atoms with Gasteiger partial charge in [-0.15, -0.1) is 11.3 Å². The number of nitrogens with zero attached hydrogens (tertiary/aromatic N) is 1. The van der Waals surface area contributed by atoms with E-state index < -0.39 is 10.0 Å². The fourth-order valence-electron chi connectivity index (χ4n) is 1.76. The summed E-state index contributed by atoms with van der Waals surface area (Å²) in [5.41, 5.74) is 0. The molecule has 0 unspecified atom stereocenters. The van der Waals surface area contributed by atoms with Crippen LogP contribution in [0.1, 0.15) is 16.7 Å². The second-order valence-electron chi connectivity index (χ2n) is 4.38. The largest absolute Gasteiger partial charge is 0.312 e. The van der Waals surface area contributed by atoms with E-state index in [1.54, 1.807) is 24.4 Å². The van der Waals surface area contributed by atoms with Crippen LogP contribution in [0.4, 0.5) is 5.82 Å². The minimum absolute atomic E-state index is 0.303. The lowest BCUT2D eigenvalue weighted by Gasteiger charge is -2.06. The van der Waals surface area contributed by atoms with Crippen LogP contribution < -0.4 is 10.0 Å². The zero-order chi connectivity index (χ0) is 15.5. The second-order valence-corrected chi connectivity index (χ2v) is 8.29. The van der Waals surface area contributed by atoms with Crippen LogP contribution in [-0.4, -0.2) is 19.9 Å². The van der Waals surface area contributed by atoms with Crippen molar-refractivity contribution in [3.8, 4) is 0 Å². The minimum atomic E-state index is -3.61. The smallest absolute Gasteiger partial charge is 0.264 e. The summed E-state index contributed by atoms with van der Waals surface area (Å²) in [7, 11) is -3.61. The van der Waals surface area contributed by atoms with Crippen LogP contribution in [-0.2, 0) is 16.6 Å². The van der Waals surface area contributed by atoms with E-state index in [-0.39, 0.29) is 0 Å². The molecule has 2 N–H and O–H groups in total. The number of aryl methyl sites for hydroxylation is 1. The maximum atomic E-state index is 12.4. The van der Waals surface area contributed by atoms with Gasteiger partial charge in [-0.1, -0.05) is 6.92 Å². The zero-order valence-corrected chi connectivity index (χ0v) is 14.9. The van der Waals surface area contributed by atoms with Crippen LogP contribution in [0.2, 0.25) is 0 Å². The summed E-state index contributed by atoms with van der Waals surface area (Å²) >= 11 is 4.75. The Morgan fingerprint density at radius 2 is 2.14 bits per heavy atom. The first kappa shape index (κ1) is 16.4. The fourth-order valence-corrected chi connectivity index (χ4v) is 4.60. The molecule has 0 amide bonds. The number of hydrogen-bond acceptors (Lipinski definition) is 5. The van der Waals surface area contributed by atoms with E-state index in [1.807, 2.05) is 13.8 Å². The summed E-state index contributed by atoms with van der Waals surface area (Å²) in [5.74, 6) is 0.303. The average molecular weight is 390 g/mol. The van der Waals surface area contributed by atoms with Gasteiger partial charge in [-0.25, -0.2) is 13.4 Å². The van der Waals surface area contributed by atoms with Crippen molar-refractivity contribution in [2.75, 3.05) is 11.3 Å². The van der Waals surface area contributed by atoms with Gasteiger partial charge in [0.05, 0.1) is 0 Å². The third-order valence-corrected chi connectivity index (χ3v) is 5.86. The SMILES string of the molecule is CCNCc1cc(S(=O)(=O)Nc2ccc(Br)cn2)c(C)s1. The van der Waals surface area contributed by atoms with Gasteiger partial charge in [0, 0.05) is 27.0 Å². The quantitative estimate of drug-likeness (QED) is 0.795. The van der Waals surface area contributed by atoms with Gasteiger partial charge in [0.1, 0.15) is 10.7 Å². The van der Waals surface area contributed by atoms with Gasteiger partial charge in [-0.3, -0.25) is 4.72 Å². The van der Waals surface area contributed by atoms with Crippen LogP contribution in [0.5, 0.6) is 0 Å². The predicted octanol–water partition coefficient (Wildman–Crippen LogP) is 3.12. The van der Waals surface area contributed by atoms with Crippen molar-refractivity contribution in [1.82, 2.24) is 10.3 Å². The lowest BCUT2D eigenvalue weighted by molar-refractivity contribution is 0.601. The van der Waals surface area contributed by atoms with Crippen molar-refractivity contribution < 1.29 is 8.42 Å². The van der Waals surface area contributed by atoms with E-state index in [9.17, 15) is 8.42 Å². The Morgan fingerprint density at radius 1 is 1.38 bits per heavy atom. The molecule has 0 aromatic carbocycles. The fraction of sp³-hybridized carbons (Fsp3) is 0.308. The number of hydrogen-bond donors (Lipinski definition) is 2. The number of halogens is 1. The molecule has 2 rings (SSSR count). The monoisotopic (exact) mass is 389 g/mol. The van der Waals surface area contributed by atoms with Crippen LogP contribution >= 0.6 is 27.3 Å². The molecular weight excluding hydrogens is 374 g/mol. The molecule has 5 nitrogen and oxygen atoms in total. The van der Waals surface area contributed by atoms with Crippen LogP contribution in [0, 0.1) is 6.92 Å². The summed E-state index contributed by atoms with van der Waals surface area (Å²) in [4.78, 5) is 6.11. The van der Waals surface area contributed by atoms with E-state index in [4.69, 9.17) is 0 Å². The maximum Gasteiger partial charge on any atom is 0.264 e. The average Bonchev–Trinajstić information content (AvgIpc) is 2.81. The molecule has 2 heterocycles. The van der Waals surface area contributed by atoms with Crippen molar-refractivity contribution in [3.05, 3.63) is 38.6 Å². The van der Waals surface area contributed by atoms with E-state index in [1.165, 1.54) is 11.3 Å². The van der Waals surface area contributed by atoms with Gasteiger partial charge < -0.3 is 5.32 Å². The Balaban J connectivity index is 2.22. The molecule has 0 fully saturated rings. The normalized spacial score (nSPS) is 11.6. The first-order valence-corrected chi connectivity index (χ1v) is 9.46. The first-order chi connectivity index (χ1) is 9.92. The topological polar surface area (TPSA) is 71.1 Å². The van der Waals surface area contributed by atoms with Gasteiger partial charge in [0.25, 0.3) is 10.0 Å². The molecule has 8 heteroatoms. The molecule has 114 valence electrons. The Bertz CT molecular complexity index is 712. The highest BCUT2D eigenvalue weighted by molar-refractivity contribution is 9.10. The first-order valence-electron chi connectivity index (χ1n) is 6.37. The number of aromatic nitrogens is 1. The lowest BCUT2D eigenvalue weighted by atomic mass is 10.4. The highest BCUT2D eigenvalue weighted by Crippen LogP contribution is 2.27. The highest BCUT2D eigenvalue weighted by atomic mass is 79.9. The Hall–Kier alpha value is -0.960. The Labute approximate surface area is 137 Å². The molecule has 2 aromatic rings. The third-order valence-electron chi connectivity index (χ3n) is 2.73. The number of pyridine rings is 1. The van der Waals surface area contributed by atoms with E-state index in [2.05, 4.69) is 31.0 Å². The molecule has 0 aliphatic rings. The van der Waals surface area contributed by atoms with Crippen molar-refractivity contribution >= 4 is 43.1 Å². The molecule has 0 spiro atoms. The standard InChI is InChI=1S/C13H16BrN3O2S2/c1-3-15-8-11-6-12(9(2)20-11)21(18,19)17-13-5-4-10(14)7-16-13/h4-7,15H,3,8H2,1-2H3,(H,16,17). The van der Waals surface area contributed by atoms with E-state index in [0.717, 1.165) is 20.8 Å². The van der Waals surface area contributed by atoms with Gasteiger partial charge >= 0.3 is 0 Å². The molecule has 0 atom stereocenters. The van der Waals surface area contributed by atoms with E-state index >= 15 is 0 Å². The minimum Gasteiger partial charge on any atom is -0.312 e. The van der Waals surface area contributed by atoms with Gasteiger partial charge in [-0.05, 0) is 47.6 Å². The van der Waals surface area contributed by atoms with Gasteiger partial charge in [-0.2, -0.15) is 0 Å². The van der Waals surface area contributed by atoms with Crippen molar-refractivity contribution in [2.24, 2.45) is 0 Å².